The molecular formula is C3H4F2N. The lowest BCUT2D eigenvalue weighted by Gasteiger charge is -1.83. The van der Waals surface area contributed by atoms with Gasteiger partial charge in [0.05, 0.1) is 0 Å². The van der Waals surface area contributed by atoms with Crippen LogP contribution in [0.3, 0.4) is 0 Å². The van der Waals surface area contributed by atoms with E-state index < -0.39 is 12.0 Å². The maximum atomic E-state index is 11.5. The molecule has 1 nitrogen and oxygen atoms in total. The Bertz CT molecular complexity index is 71.2. The molecule has 0 bridgehead atoms. The topological polar surface area (TPSA) is 23.8 Å². The molecule has 0 spiro atoms. The van der Waals surface area contributed by atoms with E-state index >= 15 is 0 Å². The summed E-state index contributed by atoms with van der Waals surface area (Å²) in [5, 5.41) is 0. The fraction of sp³-hybridized carbons (Fsp3) is 1.00. The van der Waals surface area contributed by atoms with Gasteiger partial charge in [-0.15, -0.1) is 0 Å². The zero-order valence-corrected chi connectivity index (χ0v) is 3.04. The van der Waals surface area contributed by atoms with E-state index in [2.05, 4.69) is 0 Å². The fourth-order valence-electron chi connectivity index (χ4n) is 0.202. The third kappa shape index (κ3) is 0.391. The molecule has 3 heteroatoms. The molecule has 0 aliphatic heterocycles. The Morgan fingerprint density at radius 2 is 2.00 bits per heavy atom. The van der Waals surface area contributed by atoms with Gasteiger partial charge in [-0.1, -0.05) is 0 Å². The van der Waals surface area contributed by atoms with Crippen LogP contribution in [0.15, 0.2) is 0 Å². The second kappa shape index (κ2) is 0.729. The third-order valence-electron chi connectivity index (χ3n) is 0.813. The van der Waals surface area contributed by atoms with E-state index in [1.807, 2.05) is 0 Å². The summed E-state index contributed by atoms with van der Waals surface area (Å²) < 4.78 is 22.8. The highest BCUT2D eigenvalue weighted by Gasteiger charge is 2.54. The number of halogens is 2. The Morgan fingerprint density at radius 3 is 2.00 bits per heavy atom. The van der Waals surface area contributed by atoms with Crippen molar-refractivity contribution in [1.82, 2.24) is 5.73 Å². The zero-order chi connectivity index (χ0) is 4.78. The average molecular weight is 92.1 g/mol. The minimum Gasteiger partial charge on any atom is -0.242 e. The van der Waals surface area contributed by atoms with E-state index in [9.17, 15) is 8.78 Å². The van der Waals surface area contributed by atoms with Crippen molar-refractivity contribution in [2.24, 2.45) is 0 Å². The predicted molar refractivity (Wildman–Crippen MR) is 16.4 cm³/mol. The molecule has 0 aromatic carbocycles. The van der Waals surface area contributed by atoms with Crippen molar-refractivity contribution in [3.8, 4) is 0 Å². The molecule has 0 saturated heterocycles. The van der Waals surface area contributed by atoms with E-state index in [4.69, 9.17) is 5.73 Å². The number of alkyl halides is 2. The van der Waals surface area contributed by atoms with Crippen LogP contribution in [0.25, 0.3) is 0 Å². The Kier molecular flexibility index (Phi) is 0.485. The summed E-state index contributed by atoms with van der Waals surface area (Å²) in [7, 11) is 0. The van der Waals surface area contributed by atoms with Crippen LogP contribution in [0.2, 0.25) is 0 Å². The first kappa shape index (κ1) is 3.99. The van der Waals surface area contributed by atoms with E-state index in [1.165, 1.54) is 0 Å². The van der Waals surface area contributed by atoms with E-state index in [0.717, 1.165) is 0 Å². The van der Waals surface area contributed by atoms with Gasteiger partial charge in [-0.05, 0) is 0 Å². The van der Waals surface area contributed by atoms with Crippen molar-refractivity contribution < 1.29 is 8.78 Å². The molecule has 1 N–H and O–H groups in total. The summed E-state index contributed by atoms with van der Waals surface area (Å²) in [6, 6.07) is 0. The highest BCUT2D eigenvalue weighted by molar-refractivity contribution is 4.98. The molecule has 1 aliphatic rings. The van der Waals surface area contributed by atoms with Gasteiger partial charge in [-0.2, -0.15) is 0 Å². The minimum absolute atomic E-state index is 0.229. The van der Waals surface area contributed by atoms with Gasteiger partial charge in [-0.3, -0.25) is 0 Å². The molecule has 0 aromatic rings. The van der Waals surface area contributed by atoms with E-state index in [0.29, 0.717) is 0 Å². The molecule has 2 unspecified atom stereocenters. The maximum Gasteiger partial charge on any atom is 0.208 e. The lowest BCUT2D eigenvalue weighted by atomic mass is 10.7. The van der Waals surface area contributed by atoms with Gasteiger partial charge in [0, 0.05) is 6.42 Å². The van der Waals surface area contributed by atoms with Crippen LogP contribution >= 0.6 is 0 Å². The summed E-state index contributed by atoms with van der Waals surface area (Å²) in [5.41, 5.74) is 6.21. The molecule has 6 heavy (non-hydrogen) atoms. The number of nitrogens with one attached hydrogen (secondary N) is 1. The second-order valence-electron chi connectivity index (χ2n) is 1.53. The van der Waals surface area contributed by atoms with Gasteiger partial charge < -0.3 is 0 Å². The van der Waals surface area contributed by atoms with Gasteiger partial charge in [0.25, 0.3) is 0 Å². The molecule has 0 amide bonds. The van der Waals surface area contributed by atoms with E-state index in [1.54, 1.807) is 0 Å². The standard InChI is InChI=1S/C3H4F2N/c4-2-1-3(2,5)6/h2,6H,1H2. The fourth-order valence-corrected chi connectivity index (χ4v) is 0.202. The quantitative estimate of drug-likeness (QED) is 0.392. The van der Waals surface area contributed by atoms with Gasteiger partial charge in [0.1, 0.15) is 0 Å². The number of rotatable bonds is 0. The Labute approximate surface area is 34.1 Å². The van der Waals surface area contributed by atoms with Crippen LogP contribution in [0.5, 0.6) is 0 Å². The largest absolute Gasteiger partial charge is 0.242 e. The van der Waals surface area contributed by atoms with Gasteiger partial charge in [0.2, 0.25) is 5.79 Å². The van der Waals surface area contributed by atoms with Crippen LogP contribution in [-0.4, -0.2) is 12.0 Å². The SMILES string of the molecule is [NH]C1(F)CC1F. The maximum absolute atomic E-state index is 11.5. The molecule has 1 saturated carbocycles. The van der Waals surface area contributed by atoms with Crippen LogP contribution in [0.1, 0.15) is 6.42 Å². The zero-order valence-electron chi connectivity index (χ0n) is 3.04. The molecule has 0 heterocycles. The first-order valence-electron chi connectivity index (χ1n) is 1.71. The highest BCUT2D eigenvalue weighted by atomic mass is 19.2. The minimum atomic E-state index is -2.21. The van der Waals surface area contributed by atoms with Crippen LogP contribution < -0.4 is 5.73 Å². The predicted octanol–water partition coefficient (Wildman–Crippen LogP) is 0.677. The van der Waals surface area contributed by atoms with Gasteiger partial charge in [0.15, 0.2) is 6.17 Å². The van der Waals surface area contributed by atoms with Crippen molar-refractivity contribution >= 4 is 0 Å². The summed E-state index contributed by atoms with van der Waals surface area (Å²) in [4.78, 5) is 0. The van der Waals surface area contributed by atoms with Crippen molar-refractivity contribution in [3.63, 3.8) is 0 Å². The average Bonchev–Trinajstić information content (AvgIpc) is 1.73. The van der Waals surface area contributed by atoms with Crippen molar-refractivity contribution in [2.45, 2.75) is 18.4 Å². The highest BCUT2D eigenvalue weighted by Crippen LogP contribution is 2.38. The molecule has 1 fully saturated rings. The number of hydrogen-bond acceptors (Lipinski definition) is 0. The first-order valence-corrected chi connectivity index (χ1v) is 1.71. The van der Waals surface area contributed by atoms with Gasteiger partial charge >= 0.3 is 0 Å². The molecule has 2 atom stereocenters. The summed E-state index contributed by atoms with van der Waals surface area (Å²) >= 11 is 0. The van der Waals surface area contributed by atoms with Crippen molar-refractivity contribution in [3.05, 3.63) is 0 Å². The van der Waals surface area contributed by atoms with Crippen LogP contribution in [-0.2, 0) is 0 Å². The molecule has 0 aromatic heterocycles. The summed E-state index contributed by atoms with van der Waals surface area (Å²) in [6.07, 6.45) is -1.73. The molecule has 1 rings (SSSR count). The molecule has 1 aliphatic carbocycles. The van der Waals surface area contributed by atoms with Crippen LogP contribution in [0.4, 0.5) is 8.78 Å². The van der Waals surface area contributed by atoms with E-state index in [-0.39, 0.29) is 6.42 Å². The molecular weight excluding hydrogens is 88.0 g/mol. The summed E-state index contributed by atoms with van der Waals surface area (Å²) in [5.74, 6) is -2.21. The lowest BCUT2D eigenvalue weighted by molar-refractivity contribution is 0.247. The molecule has 1 radical (unpaired) electrons. The van der Waals surface area contributed by atoms with Crippen LogP contribution in [0, 0.1) is 0 Å². The Morgan fingerprint density at radius 1 is 1.83 bits per heavy atom. The Hall–Kier alpha value is -0.180. The van der Waals surface area contributed by atoms with Gasteiger partial charge in [-0.25, -0.2) is 14.5 Å². The normalized spacial score (nSPS) is 55.5. The third-order valence-corrected chi connectivity index (χ3v) is 0.813. The summed E-state index contributed by atoms with van der Waals surface area (Å²) in [6.45, 7) is 0. The monoisotopic (exact) mass is 92.0 g/mol. The second-order valence-corrected chi connectivity index (χ2v) is 1.53. The van der Waals surface area contributed by atoms with Crippen molar-refractivity contribution in [1.29, 1.82) is 0 Å². The Balaban J connectivity index is 2.41. The lowest BCUT2D eigenvalue weighted by Crippen LogP contribution is -2.03. The smallest absolute Gasteiger partial charge is 0.208 e. The number of hydrogen-bond donors (Lipinski definition) is 0. The first-order chi connectivity index (χ1) is 2.63. The van der Waals surface area contributed by atoms with Crippen molar-refractivity contribution in [2.75, 3.05) is 0 Å². The molecule has 35 valence electrons.